The maximum Gasteiger partial charge on any atom is 0.306 e. The van der Waals surface area contributed by atoms with Gasteiger partial charge in [0.1, 0.15) is 11.5 Å². The summed E-state index contributed by atoms with van der Waals surface area (Å²) in [4.78, 5) is 11.7. The van der Waals surface area contributed by atoms with E-state index in [0.29, 0.717) is 0 Å². The maximum atomic E-state index is 11.7. The molecule has 0 radical (unpaired) electrons. The quantitative estimate of drug-likeness (QED) is 0.858. The molecule has 2 rings (SSSR count). The summed E-state index contributed by atoms with van der Waals surface area (Å²) in [6, 6.07) is 14.4. The van der Waals surface area contributed by atoms with E-state index >= 15 is 0 Å². The van der Waals surface area contributed by atoms with Gasteiger partial charge in [-0.3, -0.25) is 4.79 Å². The first kappa shape index (κ1) is 14.9. The van der Waals surface area contributed by atoms with Crippen LogP contribution in [0.25, 0.3) is 0 Å². The van der Waals surface area contributed by atoms with Crippen molar-refractivity contribution in [3.05, 3.63) is 59.7 Å². The summed E-state index contributed by atoms with van der Waals surface area (Å²) >= 11 is 0. The normalized spacial score (nSPS) is 11.7. The van der Waals surface area contributed by atoms with Crippen molar-refractivity contribution in [3.63, 3.8) is 0 Å². The van der Waals surface area contributed by atoms with E-state index in [4.69, 9.17) is 9.47 Å². The van der Waals surface area contributed by atoms with Gasteiger partial charge in [-0.15, -0.1) is 0 Å². The fourth-order valence-corrected chi connectivity index (χ4v) is 2.32. The lowest BCUT2D eigenvalue weighted by Gasteiger charge is -2.19. The lowest BCUT2D eigenvalue weighted by Crippen LogP contribution is -2.11. The van der Waals surface area contributed by atoms with E-state index in [1.807, 2.05) is 24.3 Å². The number of carbonyl (C=O) groups is 1. The van der Waals surface area contributed by atoms with Crippen LogP contribution in [-0.2, 0) is 9.53 Å². The van der Waals surface area contributed by atoms with Crippen LogP contribution < -0.4 is 4.74 Å². The van der Waals surface area contributed by atoms with Crippen molar-refractivity contribution >= 4 is 5.97 Å². The Bertz CT molecular complexity index is 604. The van der Waals surface area contributed by atoms with E-state index < -0.39 is 0 Å². The molecule has 0 aliphatic heterocycles. The van der Waals surface area contributed by atoms with E-state index in [0.717, 1.165) is 16.9 Å². The predicted octanol–water partition coefficient (Wildman–Crippen LogP) is 3.10. The summed E-state index contributed by atoms with van der Waals surface area (Å²) in [5.41, 5.74) is 1.83. The summed E-state index contributed by atoms with van der Waals surface area (Å²) in [6.45, 7) is 0. The molecule has 1 atom stereocenters. The Morgan fingerprint density at radius 2 is 1.76 bits per heavy atom. The Morgan fingerprint density at radius 1 is 1.10 bits per heavy atom. The Labute approximate surface area is 123 Å². The summed E-state index contributed by atoms with van der Waals surface area (Å²) in [6.07, 6.45) is 0.210. The Hall–Kier alpha value is -2.49. The van der Waals surface area contributed by atoms with Crippen LogP contribution in [0.4, 0.5) is 0 Å². The molecule has 0 spiro atoms. The minimum atomic E-state index is -0.293. The van der Waals surface area contributed by atoms with Crippen molar-refractivity contribution in [3.8, 4) is 11.5 Å². The fraction of sp³-hybridized carbons (Fsp3) is 0.235. The zero-order valence-electron chi connectivity index (χ0n) is 12.1. The predicted molar refractivity (Wildman–Crippen MR) is 79.6 cm³/mol. The zero-order chi connectivity index (χ0) is 15.2. The molecule has 110 valence electrons. The third-order valence-corrected chi connectivity index (χ3v) is 3.41. The highest BCUT2D eigenvalue weighted by molar-refractivity contribution is 5.71. The molecule has 0 aromatic heterocycles. The number of esters is 1. The highest BCUT2D eigenvalue weighted by atomic mass is 16.5. The number of phenols is 1. The maximum absolute atomic E-state index is 11.7. The first-order chi connectivity index (χ1) is 10.2. The average molecular weight is 286 g/mol. The Kier molecular flexibility index (Phi) is 4.82. The molecule has 2 aromatic rings. The molecule has 4 heteroatoms. The van der Waals surface area contributed by atoms with Crippen LogP contribution in [-0.4, -0.2) is 25.3 Å². The van der Waals surface area contributed by atoms with E-state index in [1.165, 1.54) is 7.11 Å². The largest absolute Gasteiger partial charge is 0.508 e. The van der Waals surface area contributed by atoms with Crippen LogP contribution in [0, 0.1) is 0 Å². The van der Waals surface area contributed by atoms with Gasteiger partial charge in [-0.05, 0) is 23.8 Å². The molecule has 0 saturated heterocycles. The van der Waals surface area contributed by atoms with Gasteiger partial charge in [0.2, 0.25) is 0 Å². The minimum absolute atomic E-state index is 0.186. The molecular weight excluding hydrogens is 268 g/mol. The number of hydrogen-bond acceptors (Lipinski definition) is 4. The van der Waals surface area contributed by atoms with Gasteiger partial charge >= 0.3 is 5.97 Å². The van der Waals surface area contributed by atoms with Crippen molar-refractivity contribution < 1.29 is 19.4 Å². The molecule has 0 amide bonds. The van der Waals surface area contributed by atoms with Crippen LogP contribution >= 0.6 is 0 Å². The molecule has 1 N–H and O–H groups in total. The molecule has 4 nitrogen and oxygen atoms in total. The molecule has 0 saturated carbocycles. The number of ether oxygens (including phenoxy) is 2. The van der Waals surface area contributed by atoms with Gasteiger partial charge in [0.05, 0.1) is 20.6 Å². The van der Waals surface area contributed by atoms with Gasteiger partial charge in [-0.1, -0.05) is 30.3 Å². The second-order valence-corrected chi connectivity index (χ2v) is 4.67. The summed E-state index contributed by atoms with van der Waals surface area (Å²) in [7, 11) is 2.98. The molecular formula is C17H18O4. The number of carbonyl (C=O) groups excluding carboxylic acids is 1. The van der Waals surface area contributed by atoms with Crippen LogP contribution in [0.5, 0.6) is 11.5 Å². The van der Waals surface area contributed by atoms with E-state index in [2.05, 4.69) is 0 Å². The van der Waals surface area contributed by atoms with Crippen molar-refractivity contribution in [1.29, 1.82) is 0 Å². The Morgan fingerprint density at radius 3 is 2.38 bits per heavy atom. The molecule has 0 heterocycles. The first-order valence-corrected chi connectivity index (χ1v) is 6.64. The lowest BCUT2D eigenvalue weighted by molar-refractivity contribution is -0.140. The minimum Gasteiger partial charge on any atom is -0.508 e. The number of rotatable bonds is 5. The van der Waals surface area contributed by atoms with Gasteiger partial charge in [0, 0.05) is 11.5 Å². The van der Waals surface area contributed by atoms with Gasteiger partial charge in [0.15, 0.2) is 0 Å². The monoisotopic (exact) mass is 286 g/mol. The average Bonchev–Trinajstić information content (AvgIpc) is 2.53. The molecule has 0 bridgehead atoms. The smallest absolute Gasteiger partial charge is 0.306 e. The number of phenolic OH excluding ortho intramolecular Hbond substituents is 1. The van der Waals surface area contributed by atoms with Crippen molar-refractivity contribution in [2.75, 3.05) is 14.2 Å². The van der Waals surface area contributed by atoms with E-state index in [1.54, 1.807) is 31.4 Å². The van der Waals surface area contributed by atoms with Gasteiger partial charge in [0.25, 0.3) is 0 Å². The topological polar surface area (TPSA) is 55.8 Å². The number of benzene rings is 2. The fourth-order valence-electron chi connectivity index (χ4n) is 2.32. The summed E-state index contributed by atoms with van der Waals surface area (Å²) in [5, 5.41) is 9.42. The molecule has 2 aromatic carbocycles. The third kappa shape index (κ3) is 3.54. The molecule has 0 aliphatic carbocycles. The molecule has 0 fully saturated rings. The van der Waals surface area contributed by atoms with Crippen LogP contribution in [0.15, 0.2) is 48.5 Å². The zero-order valence-corrected chi connectivity index (χ0v) is 12.1. The molecule has 1 unspecified atom stereocenters. The van der Waals surface area contributed by atoms with E-state index in [9.17, 15) is 9.90 Å². The van der Waals surface area contributed by atoms with E-state index in [-0.39, 0.29) is 24.1 Å². The van der Waals surface area contributed by atoms with Gasteiger partial charge in [-0.25, -0.2) is 0 Å². The van der Waals surface area contributed by atoms with Crippen LogP contribution in [0.1, 0.15) is 23.5 Å². The summed E-state index contributed by atoms with van der Waals surface area (Å²) in [5.74, 6) is 0.434. The first-order valence-electron chi connectivity index (χ1n) is 6.64. The summed E-state index contributed by atoms with van der Waals surface area (Å²) < 4.78 is 10.2. The molecule has 21 heavy (non-hydrogen) atoms. The van der Waals surface area contributed by atoms with Gasteiger partial charge in [-0.2, -0.15) is 0 Å². The third-order valence-electron chi connectivity index (χ3n) is 3.41. The standard InChI is InChI=1S/C17H18O4/c1-20-16-6-4-3-5-14(16)15(11-17(19)21-2)12-7-9-13(18)10-8-12/h3-10,15,18H,11H2,1-2H3. The SMILES string of the molecule is COC(=O)CC(c1ccc(O)cc1)c1ccccc1OC. The number of hydrogen-bond donors (Lipinski definition) is 1. The second kappa shape index (κ2) is 6.79. The highest BCUT2D eigenvalue weighted by Gasteiger charge is 2.21. The van der Waals surface area contributed by atoms with Crippen molar-refractivity contribution in [2.45, 2.75) is 12.3 Å². The second-order valence-electron chi connectivity index (χ2n) is 4.67. The highest BCUT2D eigenvalue weighted by Crippen LogP contribution is 2.35. The number of methoxy groups -OCH3 is 2. The van der Waals surface area contributed by atoms with Crippen molar-refractivity contribution in [1.82, 2.24) is 0 Å². The number of aromatic hydroxyl groups is 1. The lowest BCUT2D eigenvalue weighted by atomic mass is 9.88. The van der Waals surface area contributed by atoms with Crippen LogP contribution in [0.2, 0.25) is 0 Å². The Balaban J connectivity index is 2.44. The number of para-hydroxylation sites is 1. The molecule has 0 aliphatic rings. The van der Waals surface area contributed by atoms with Crippen LogP contribution in [0.3, 0.4) is 0 Å². The van der Waals surface area contributed by atoms with Gasteiger partial charge < -0.3 is 14.6 Å². The van der Waals surface area contributed by atoms with Crippen molar-refractivity contribution in [2.24, 2.45) is 0 Å².